The van der Waals surface area contributed by atoms with Crippen LogP contribution in [0.5, 0.6) is 0 Å². The fourth-order valence-electron chi connectivity index (χ4n) is 1.44. The van der Waals surface area contributed by atoms with Crippen LogP contribution in [0.4, 0.5) is 4.39 Å². The van der Waals surface area contributed by atoms with Crippen LogP contribution in [0.3, 0.4) is 0 Å². The summed E-state index contributed by atoms with van der Waals surface area (Å²) < 4.78 is 13.8. The van der Waals surface area contributed by atoms with Crippen molar-refractivity contribution in [1.29, 1.82) is 0 Å². The van der Waals surface area contributed by atoms with E-state index in [1.54, 1.807) is 18.2 Å². The molecule has 18 heavy (non-hydrogen) atoms. The predicted octanol–water partition coefficient (Wildman–Crippen LogP) is 3.89. The lowest BCUT2D eigenvalue weighted by Crippen LogP contribution is -2.00. The summed E-state index contributed by atoms with van der Waals surface area (Å²) in [5.41, 5.74) is 0.0560. The maximum Gasteiger partial charge on any atom is 0.337 e. The van der Waals surface area contributed by atoms with Gasteiger partial charge in [0, 0.05) is 11.8 Å². The molecule has 3 nitrogen and oxygen atoms in total. The fraction of sp³-hybridized carbons (Fsp3) is 0. The van der Waals surface area contributed by atoms with Gasteiger partial charge in [0.25, 0.3) is 0 Å². The van der Waals surface area contributed by atoms with Crippen molar-refractivity contribution in [2.75, 3.05) is 0 Å². The van der Waals surface area contributed by atoms with E-state index in [2.05, 4.69) is 4.98 Å². The van der Waals surface area contributed by atoms with E-state index in [-0.39, 0.29) is 21.3 Å². The minimum Gasteiger partial charge on any atom is -0.478 e. The van der Waals surface area contributed by atoms with E-state index >= 15 is 0 Å². The maximum absolute atomic E-state index is 13.8. The second kappa shape index (κ2) is 4.92. The number of nitrogens with zero attached hydrogens (tertiary/aromatic N) is 1. The van der Waals surface area contributed by atoms with Crippen LogP contribution >= 0.6 is 23.2 Å². The van der Waals surface area contributed by atoms with E-state index in [0.717, 1.165) is 12.3 Å². The third-order valence-electron chi connectivity index (χ3n) is 2.29. The van der Waals surface area contributed by atoms with Gasteiger partial charge in [-0.2, -0.15) is 0 Å². The van der Waals surface area contributed by atoms with Crippen LogP contribution in [0.2, 0.25) is 10.0 Å². The molecule has 1 aromatic heterocycles. The average molecular weight is 286 g/mol. The van der Waals surface area contributed by atoms with Crippen molar-refractivity contribution in [3.63, 3.8) is 0 Å². The van der Waals surface area contributed by atoms with Gasteiger partial charge in [-0.15, -0.1) is 0 Å². The maximum atomic E-state index is 13.8. The summed E-state index contributed by atoms with van der Waals surface area (Å²) >= 11 is 11.8. The molecule has 2 rings (SSSR count). The topological polar surface area (TPSA) is 50.2 Å². The molecule has 6 heteroatoms. The van der Waals surface area contributed by atoms with Crippen molar-refractivity contribution in [2.45, 2.75) is 0 Å². The molecule has 1 heterocycles. The number of carboxylic acids is 1. The number of benzene rings is 1. The Hall–Kier alpha value is -1.65. The Morgan fingerprint density at radius 2 is 2.06 bits per heavy atom. The van der Waals surface area contributed by atoms with E-state index in [1.165, 1.54) is 0 Å². The first-order valence-electron chi connectivity index (χ1n) is 4.84. The molecule has 0 saturated heterocycles. The molecule has 0 unspecified atom stereocenters. The smallest absolute Gasteiger partial charge is 0.337 e. The van der Waals surface area contributed by atoms with Gasteiger partial charge in [-0.3, -0.25) is 4.98 Å². The summed E-state index contributed by atoms with van der Waals surface area (Å²) in [6.45, 7) is 0. The summed E-state index contributed by atoms with van der Waals surface area (Å²) in [7, 11) is 0. The van der Waals surface area contributed by atoms with Crippen LogP contribution in [0.1, 0.15) is 10.4 Å². The minimum atomic E-state index is -1.25. The Kier molecular flexibility index (Phi) is 3.50. The van der Waals surface area contributed by atoms with Gasteiger partial charge in [0.15, 0.2) is 0 Å². The summed E-state index contributed by atoms with van der Waals surface area (Å²) in [6.07, 6.45) is 1.07. The number of carbonyl (C=O) groups is 1. The summed E-state index contributed by atoms with van der Waals surface area (Å²) in [5.74, 6) is -2.01. The number of aromatic carboxylic acids is 1. The quantitative estimate of drug-likeness (QED) is 0.911. The zero-order valence-corrected chi connectivity index (χ0v) is 10.3. The van der Waals surface area contributed by atoms with Crippen LogP contribution < -0.4 is 0 Å². The Bertz CT molecular complexity index is 631. The molecule has 0 fully saturated rings. The molecule has 0 amide bonds. The second-order valence-corrected chi connectivity index (χ2v) is 4.25. The number of carboxylic acid groups (broad SMARTS) is 1. The van der Waals surface area contributed by atoms with Crippen molar-refractivity contribution in [2.24, 2.45) is 0 Å². The lowest BCUT2D eigenvalue weighted by atomic mass is 10.1. The first kappa shape index (κ1) is 12.8. The minimum absolute atomic E-state index is 0.0347. The Morgan fingerprint density at radius 3 is 2.67 bits per heavy atom. The van der Waals surface area contributed by atoms with E-state index in [0.29, 0.717) is 5.56 Å². The molecule has 1 N–H and O–H groups in total. The van der Waals surface area contributed by atoms with E-state index in [1.807, 2.05) is 0 Å². The zero-order chi connectivity index (χ0) is 13.3. The van der Waals surface area contributed by atoms with Crippen molar-refractivity contribution in [3.8, 4) is 11.3 Å². The van der Waals surface area contributed by atoms with E-state index in [9.17, 15) is 9.18 Å². The van der Waals surface area contributed by atoms with Crippen molar-refractivity contribution in [3.05, 3.63) is 51.9 Å². The average Bonchev–Trinajstić information content (AvgIpc) is 2.33. The van der Waals surface area contributed by atoms with Gasteiger partial charge in [0.2, 0.25) is 0 Å². The number of hydrogen-bond acceptors (Lipinski definition) is 2. The molecule has 0 bridgehead atoms. The molecule has 1 aromatic carbocycles. The van der Waals surface area contributed by atoms with Crippen LogP contribution in [0.25, 0.3) is 11.3 Å². The Morgan fingerprint density at radius 1 is 1.33 bits per heavy atom. The highest BCUT2D eigenvalue weighted by Gasteiger charge is 2.15. The van der Waals surface area contributed by atoms with Crippen molar-refractivity contribution in [1.82, 2.24) is 4.98 Å². The van der Waals surface area contributed by atoms with Gasteiger partial charge in [-0.05, 0) is 12.1 Å². The number of hydrogen-bond donors (Lipinski definition) is 1. The fourth-order valence-corrected chi connectivity index (χ4v) is 1.83. The van der Waals surface area contributed by atoms with Gasteiger partial charge in [-0.1, -0.05) is 35.3 Å². The van der Waals surface area contributed by atoms with Gasteiger partial charge in [0.05, 0.1) is 15.6 Å². The molecule has 0 radical (unpaired) electrons. The highest BCUT2D eigenvalue weighted by Crippen LogP contribution is 2.33. The molecular weight excluding hydrogens is 280 g/mol. The van der Waals surface area contributed by atoms with Gasteiger partial charge in [0.1, 0.15) is 11.5 Å². The molecule has 0 aliphatic carbocycles. The summed E-state index contributed by atoms with van der Waals surface area (Å²) in [4.78, 5) is 14.4. The van der Waals surface area contributed by atoms with Crippen LogP contribution in [0, 0.1) is 5.82 Å². The first-order valence-corrected chi connectivity index (χ1v) is 5.59. The van der Waals surface area contributed by atoms with Gasteiger partial charge < -0.3 is 5.11 Å². The third-order valence-corrected chi connectivity index (χ3v) is 3.11. The Labute approximate surface area is 112 Å². The van der Waals surface area contributed by atoms with Gasteiger partial charge >= 0.3 is 5.97 Å². The molecule has 0 aliphatic heterocycles. The molecule has 0 saturated carbocycles. The normalized spacial score (nSPS) is 10.4. The van der Waals surface area contributed by atoms with Gasteiger partial charge in [-0.25, -0.2) is 9.18 Å². The standard InChI is InChI=1S/C12H6Cl2FNO2/c13-8-3-1-2-7(10(8)14)11-9(15)4-6(5-16-11)12(17)18/h1-5H,(H,17,18). The van der Waals surface area contributed by atoms with Crippen LogP contribution in [-0.4, -0.2) is 16.1 Å². The molecule has 2 aromatic rings. The predicted molar refractivity (Wildman–Crippen MR) is 66.6 cm³/mol. The van der Waals surface area contributed by atoms with E-state index < -0.39 is 11.8 Å². The summed E-state index contributed by atoms with van der Waals surface area (Å²) in [6, 6.07) is 5.62. The second-order valence-electron chi connectivity index (χ2n) is 3.46. The first-order chi connectivity index (χ1) is 8.50. The zero-order valence-electron chi connectivity index (χ0n) is 8.82. The summed E-state index contributed by atoms with van der Waals surface area (Å²) in [5, 5.41) is 9.17. The number of aromatic nitrogens is 1. The van der Waals surface area contributed by atoms with Crippen LogP contribution in [0.15, 0.2) is 30.5 Å². The van der Waals surface area contributed by atoms with Crippen molar-refractivity contribution < 1.29 is 14.3 Å². The lowest BCUT2D eigenvalue weighted by molar-refractivity contribution is 0.0696. The molecule has 0 spiro atoms. The van der Waals surface area contributed by atoms with Crippen molar-refractivity contribution >= 4 is 29.2 Å². The molecule has 92 valence electrons. The largest absolute Gasteiger partial charge is 0.478 e. The third kappa shape index (κ3) is 2.30. The Balaban J connectivity index is 2.58. The highest BCUT2D eigenvalue weighted by molar-refractivity contribution is 6.43. The molecule has 0 atom stereocenters. The lowest BCUT2D eigenvalue weighted by Gasteiger charge is -2.06. The SMILES string of the molecule is O=C(O)c1cnc(-c2cccc(Cl)c2Cl)c(F)c1. The monoisotopic (exact) mass is 285 g/mol. The highest BCUT2D eigenvalue weighted by atomic mass is 35.5. The van der Waals surface area contributed by atoms with Crippen LogP contribution in [-0.2, 0) is 0 Å². The van der Waals surface area contributed by atoms with E-state index in [4.69, 9.17) is 28.3 Å². The number of pyridine rings is 1. The number of halogens is 3. The molecular formula is C12H6Cl2FNO2. The molecule has 0 aliphatic rings. The number of rotatable bonds is 2.